The number of nitrogens with zero attached hydrogens (tertiary/aromatic N) is 1. The highest BCUT2D eigenvalue weighted by Crippen LogP contribution is 2.38. The zero-order chi connectivity index (χ0) is 20.1. The number of carbonyl (C=O) groups excluding carboxylic acids is 1. The average Bonchev–Trinajstić information content (AvgIpc) is 2.97. The van der Waals surface area contributed by atoms with Crippen molar-refractivity contribution in [2.75, 3.05) is 6.61 Å². The lowest BCUT2D eigenvalue weighted by atomic mass is 10.1. The van der Waals surface area contributed by atoms with Crippen LogP contribution in [0.15, 0.2) is 48.7 Å². The number of halogens is 1. The van der Waals surface area contributed by atoms with Crippen molar-refractivity contribution in [3.8, 4) is 5.75 Å². The van der Waals surface area contributed by atoms with E-state index in [1.54, 1.807) is 12.1 Å². The van der Waals surface area contributed by atoms with E-state index >= 15 is 0 Å². The quantitative estimate of drug-likeness (QED) is 0.503. The van der Waals surface area contributed by atoms with Crippen LogP contribution in [0.4, 0.5) is 0 Å². The van der Waals surface area contributed by atoms with Gasteiger partial charge < -0.3 is 10.3 Å². The van der Waals surface area contributed by atoms with Crippen LogP contribution in [-0.4, -0.2) is 17.1 Å². The molecular weight excluding hydrogens is 399 g/mol. The molecule has 8 heteroatoms. The van der Waals surface area contributed by atoms with Gasteiger partial charge in [-0.05, 0) is 29.7 Å². The van der Waals surface area contributed by atoms with Gasteiger partial charge in [0.15, 0.2) is 0 Å². The van der Waals surface area contributed by atoms with E-state index in [2.05, 4.69) is 0 Å². The van der Waals surface area contributed by atoms with Crippen LogP contribution in [0.1, 0.15) is 24.5 Å². The highest BCUT2D eigenvalue weighted by Gasteiger charge is 2.25. The smallest absolute Gasteiger partial charge is 0.369 e. The van der Waals surface area contributed by atoms with Gasteiger partial charge in [0.2, 0.25) is 11.7 Å². The number of primary amides is 1. The van der Waals surface area contributed by atoms with Crippen molar-refractivity contribution < 1.29 is 18.4 Å². The number of hydrogen-bond acceptors (Lipinski definition) is 4. The molecule has 0 bridgehead atoms. The van der Waals surface area contributed by atoms with Gasteiger partial charge in [0, 0.05) is 22.7 Å². The molecule has 1 amide bonds. The van der Waals surface area contributed by atoms with E-state index < -0.39 is 14.2 Å². The van der Waals surface area contributed by atoms with Gasteiger partial charge in [-0.2, -0.15) is 0 Å². The SMILES string of the molecule is CCCO[P+](=O)Oc1cc2c(CC(N)=O)cn(Cc3ccccc3)c2cc1Cl. The normalized spacial score (nSPS) is 11.6. The van der Waals surface area contributed by atoms with E-state index in [0.29, 0.717) is 18.2 Å². The number of fused-ring (bicyclic) bond motifs is 1. The molecule has 0 spiro atoms. The molecule has 0 aliphatic heterocycles. The minimum Gasteiger partial charge on any atom is -0.369 e. The zero-order valence-corrected chi connectivity index (χ0v) is 17.1. The van der Waals surface area contributed by atoms with Crippen LogP contribution in [0.25, 0.3) is 10.9 Å². The van der Waals surface area contributed by atoms with Crippen LogP contribution in [0, 0.1) is 0 Å². The van der Waals surface area contributed by atoms with Crippen molar-refractivity contribution in [2.24, 2.45) is 5.73 Å². The van der Waals surface area contributed by atoms with Gasteiger partial charge >= 0.3 is 8.25 Å². The summed E-state index contributed by atoms with van der Waals surface area (Å²) < 4.78 is 24.4. The van der Waals surface area contributed by atoms with Crippen LogP contribution in [0.2, 0.25) is 5.02 Å². The van der Waals surface area contributed by atoms with Crippen LogP contribution in [0.3, 0.4) is 0 Å². The van der Waals surface area contributed by atoms with Gasteiger partial charge in [0.1, 0.15) is 6.61 Å². The second-order valence-electron chi connectivity index (χ2n) is 6.36. The fourth-order valence-corrected chi connectivity index (χ4v) is 3.89. The van der Waals surface area contributed by atoms with Gasteiger partial charge in [0.05, 0.1) is 17.0 Å². The van der Waals surface area contributed by atoms with Gasteiger partial charge in [-0.1, -0.05) is 48.9 Å². The first-order valence-electron chi connectivity index (χ1n) is 8.89. The molecule has 0 saturated carbocycles. The topological polar surface area (TPSA) is 83.6 Å². The molecule has 28 heavy (non-hydrogen) atoms. The third kappa shape index (κ3) is 4.90. The predicted molar refractivity (Wildman–Crippen MR) is 110 cm³/mol. The van der Waals surface area contributed by atoms with E-state index in [0.717, 1.165) is 28.5 Å². The molecule has 1 heterocycles. The first-order chi connectivity index (χ1) is 13.5. The Labute approximate surface area is 169 Å². The lowest BCUT2D eigenvalue weighted by Crippen LogP contribution is -2.13. The molecule has 6 nitrogen and oxygen atoms in total. The highest BCUT2D eigenvalue weighted by atomic mass is 35.5. The van der Waals surface area contributed by atoms with Crippen LogP contribution in [0.5, 0.6) is 5.75 Å². The van der Waals surface area contributed by atoms with Gasteiger partial charge in [-0.15, -0.1) is 4.52 Å². The number of rotatable bonds is 9. The summed E-state index contributed by atoms with van der Waals surface area (Å²) >= 11 is 6.36. The Bertz CT molecular complexity index is 1000. The molecule has 146 valence electrons. The summed E-state index contributed by atoms with van der Waals surface area (Å²) in [6.07, 6.45) is 2.69. The standard InChI is InChI=1S/C20H20ClN2O4P/c1-2-8-26-28(25)27-19-10-16-15(9-20(22)24)13-23(18(16)11-17(19)21)12-14-6-4-3-5-7-14/h3-7,10-11,13H,2,8-9,12H2,1H3,(H-,22,24)/p+1. The number of benzene rings is 2. The monoisotopic (exact) mass is 419 g/mol. The van der Waals surface area contributed by atoms with E-state index in [9.17, 15) is 9.36 Å². The molecule has 3 rings (SSSR count). The first-order valence-corrected chi connectivity index (χ1v) is 10.4. The third-order valence-electron chi connectivity index (χ3n) is 4.15. The lowest BCUT2D eigenvalue weighted by molar-refractivity contribution is -0.117. The van der Waals surface area contributed by atoms with E-state index in [-0.39, 0.29) is 12.2 Å². The largest absolute Gasteiger partial charge is 0.750 e. The average molecular weight is 420 g/mol. The van der Waals surface area contributed by atoms with Crippen LogP contribution >= 0.6 is 19.9 Å². The van der Waals surface area contributed by atoms with Gasteiger partial charge in [0.25, 0.3) is 0 Å². The summed E-state index contributed by atoms with van der Waals surface area (Å²) in [6, 6.07) is 13.4. The summed E-state index contributed by atoms with van der Waals surface area (Å²) in [5.41, 5.74) is 8.11. The summed E-state index contributed by atoms with van der Waals surface area (Å²) in [6.45, 7) is 2.85. The third-order valence-corrected chi connectivity index (χ3v) is 5.19. The Morgan fingerprint density at radius 3 is 2.68 bits per heavy atom. The van der Waals surface area contributed by atoms with E-state index in [4.69, 9.17) is 26.4 Å². The van der Waals surface area contributed by atoms with E-state index in [1.807, 2.05) is 48.0 Å². The Morgan fingerprint density at radius 2 is 2.00 bits per heavy atom. The molecule has 2 aromatic carbocycles. The van der Waals surface area contributed by atoms with Crippen molar-refractivity contribution in [3.05, 3.63) is 64.8 Å². The van der Waals surface area contributed by atoms with Crippen LogP contribution in [-0.2, 0) is 26.8 Å². The Balaban J connectivity index is 2.00. The number of nitrogens with two attached hydrogens (primary N) is 1. The summed E-state index contributed by atoms with van der Waals surface area (Å²) in [5.74, 6) is -0.192. The lowest BCUT2D eigenvalue weighted by Gasteiger charge is -2.06. The minimum absolute atomic E-state index is 0.0812. The fraction of sp³-hybridized carbons (Fsp3) is 0.250. The molecule has 3 aromatic rings. The summed E-state index contributed by atoms with van der Waals surface area (Å²) in [7, 11) is -2.33. The minimum atomic E-state index is -2.33. The molecule has 0 aliphatic rings. The number of carbonyl (C=O) groups is 1. The molecule has 1 unspecified atom stereocenters. The Kier molecular flexibility index (Phi) is 6.68. The molecule has 0 radical (unpaired) electrons. The number of amides is 1. The summed E-state index contributed by atoms with van der Waals surface area (Å²) in [4.78, 5) is 11.5. The molecule has 0 fully saturated rings. The number of hydrogen-bond donors (Lipinski definition) is 1. The van der Waals surface area contributed by atoms with Crippen molar-refractivity contribution in [3.63, 3.8) is 0 Å². The molecule has 0 saturated heterocycles. The van der Waals surface area contributed by atoms with Gasteiger partial charge in [-0.25, -0.2) is 4.52 Å². The van der Waals surface area contributed by atoms with Gasteiger partial charge in [-0.3, -0.25) is 4.79 Å². The highest BCUT2D eigenvalue weighted by molar-refractivity contribution is 7.33. The molecule has 1 aromatic heterocycles. The van der Waals surface area contributed by atoms with Crippen molar-refractivity contribution >= 4 is 36.7 Å². The first kappa shape index (κ1) is 20.3. The maximum atomic E-state index is 11.9. The summed E-state index contributed by atoms with van der Waals surface area (Å²) in [5, 5.41) is 1.09. The number of aromatic nitrogens is 1. The van der Waals surface area contributed by atoms with Crippen LogP contribution < -0.4 is 10.3 Å². The maximum Gasteiger partial charge on any atom is 0.750 e. The Morgan fingerprint density at radius 1 is 1.25 bits per heavy atom. The molecular formula is C20H21ClN2O4P+. The Hall–Kier alpha value is -2.40. The fourth-order valence-electron chi connectivity index (χ4n) is 2.95. The van der Waals surface area contributed by atoms with Crippen molar-refractivity contribution in [1.82, 2.24) is 4.57 Å². The molecule has 0 aliphatic carbocycles. The van der Waals surface area contributed by atoms with Crippen molar-refractivity contribution in [2.45, 2.75) is 26.3 Å². The van der Waals surface area contributed by atoms with Crippen molar-refractivity contribution in [1.29, 1.82) is 0 Å². The second kappa shape index (κ2) is 9.20. The second-order valence-corrected chi connectivity index (χ2v) is 7.65. The molecule has 1 atom stereocenters. The zero-order valence-electron chi connectivity index (χ0n) is 15.4. The van der Waals surface area contributed by atoms with E-state index in [1.165, 1.54) is 0 Å². The molecule has 2 N–H and O–H groups in total. The predicted octanol–water partition coefficient (Wildman–Crippen LogP) is 4.83. The maximum absolute atomic E-state index is 11.9.